The summed E-state index contributed by atoms with van der Waals surface area (Å²) in [5.74, 6) is 0.581. The fourth-order valence-corrected chi connectivity index (χ4v) is 14.7. The third kappa shape index (κ3) is 10.6. The van der Waals surface area contributed by atoms with Crippen molar-refractivity contribution in [3.8, 4) is 5.75 Å². The summed E-state index contributed by atoms with van der Waals surface area (Å²) in [7, 11) is 11.2. The maximum absolute atomic E-state index is 12.1. The Morgan fingerprint density at radius 1 is 0.846 bits per heavy atom. The van der Waals surface area contributed by atoms with Gasteiger partial charge in [-0.3, -0.25) is 0 Å². The van der Waals surface area contributed by atoms with Gasteiger partial charge in [0, 0.05) is 7.92 Å². The summed E-state index contributed by atoms with van der Waals surface area (Å²) in [6, 6.07) is 4.69. The summed E-state index contributed by atoms with van der Waals surface area (Å²) in [4.78, 5) is 0.189. The molecule has 0 amide bonds. The number of rotatable bonds is 8. The number of halogens is 2. The summed E-state index contributed by atoms with van der Waals surface area (Å²) in [6.07, 6.45) is 23.8. The second kappa shape index (κ2) is 16.9. The molecule has 4 nitrogen and oxygen atoms in total. The quantitative estimate of drug-likeness (QED) is 0.200. The molecule has 0 aliphatic heterocycles. The fourth-order valence-electron chi connectivity index (χ4n) is 6.73. The molecule has 4 rings (SSSR count). The minimum atomic E-state index is -3.49. The van der Waals surface area contributed by atoms with Crippen molar-refractivity contribution in [3.05, 3.63) is 23.8 Å². The van der Waals surface area contributed by atoms with Gasteiger partial charge in [0.25, 0.3) is 0 Å². The Morgan fingerprint density at radius 2 is 1.28 bits per heavy atom. The normalized spacial score (nSPS) is 20.6. The van der Waals surface area contributed by atoms with Crippen molar-refractivity contribution >= 4 is 41.9 Å². The molecule has 3 aliphatic rings. The Morgan fingerprint density at radius 3 is 1.64 bits per heavy atom. The van der Waals surface area contributed by atoms with Crippen LogP contribution >= 0.6 is 27.3 Å². The molecule has 0 N–H and O–H groups in total. The molecule has 0 heterocycles. The first-order valence-electron chi connectivity index (χ1n) is 15.0. The van der Waals surface area contributed by atoms with Crippen LogP contribution in [0.25, 0.3) is 0 Å². The zero-order chi connectivity index (χ0) is 28.4. The third-order valence-corrected chi connectivity index (χ3v) is 16.7. The average Bonchev–Trinajstić information content (AvgIpc) is 2.91. The van der Waals surface area contributed by atoms with Crippen molar-refractivity contribution in [2.75, 3.05) is 14.1 Å². The van der Waals surface area contributed by atoms with Gasteiger partial charge in [-0.1, -0.05) is 19.3 Å². The molecule has 0 bridgehead atoms. The van der Waals surface area contributed by atoms with Crippen LogP contribution in [0.3, 0.4) is 0 Å². The summed E-state index contributed by atoms with van der Waals surface area (Å²) in [6.45, 7) is 3.79. The predicted octanol–water partition coefficient (Wildman–Crippen LogP) is 9.00. The van der Waals surface area contributed by atoms with Gasteiger partial charge in [0.1, 0.15) is 0 Å². The number of nitrogens with zero attached hydrogens (tertiary/aromatic N) is 1. The minimum absolute atomic E-state index is 0.0234. The van der Waals surface area contributed by atoms with Gasteiger partial charge in [-0.05, 0) is 77.0 Å². The molecule has 3 saturated carbocycles. The zero-order valence-electron chi connectivity index (χ0n) is 24.4. The molecule has 3 fully saturated rings. The van der Waals surface area contributed by atoms with Crippen molar-refractivity contribution < 1.29 is 26.7 Å². The zero-order valence-corrected chi connectivity index (χ0v) is 29.5. The van der Waals surface area contributed by atoms with E-state index >= 15 is 0 Å². The van der Waals surface area contributed by atoms with Gasteiger partial charge in [0.2, 0.25) is 0 Å². The molecule has 0 unspecified atom stereocenters. The molecule has 1 aromatic rings. The number of hydrogen-bond donors (Lipinski definition) is 0. The predicted molar refractivity (Wildman–Crippen MR) is 169 cm³/mol. The SMILES string of the molecule is C1CCC([PH+](C2CCCCC2)C2CCCCC2)CC1.CC(C)Oc1ccc(S(=O)(=O)N(C)C)cc1[CH]=[Ru]([Cl])[Cl]. The van der Waals surface area contributed by atoms with E-state index in [2.05, 4.69) is 0 Å². The summed E-state index contributed by atoms with van der Waals surface area (Å²) >= 11 is -2.08. The van der Waals surface area contributed by atoms with Crippen LogP contribution in [0.4, 0.5) is 0 Å². The number of hydrogen-bond acceptors (Lipinski definition) is 3. The van der Waals surface area contributed by atoms with E-state index in [4.69, 9.17) is 24.1 Å². The Labute approximate surface area is 253 Å². The molecule has 0 aromatic heterocycles. The summed E-state index contributed by atoms with van der Waals surface area (Å²) < 4.78 is 32.7. The van der Waals surface area contributed by atoms with E-state index in [1.54, 1.807) is 113 Å². The van der Waals surface area contributed by atoms with Gasteiger partial charge < -0.3 is 0 Å². The first-order valence-corrected chi connectivity index (χ1v) is 23.7. The monoisotopic (exact) mass is 708 g/mol. The Balaban J connectivity index is 0.000000216. The van der Waals surface area contributed by atoms with Gasteiger partial charge in [0.05, 0.1) is 17.0 Å². The van der Waals surface area contributed by atoms with Gasteiger partial charge >= 0.3 is 133 Å². The van der Waals surface area contributed by atoms with E-state index in [1.807, 2.05) is 13.8 Å². The molecular formula is C30H51Cl2NO3PRuS+. The van der Waals surface area contributed by atoms with E-state index in [9.17, 15) is 8.42 Å². The molecule has 226 valence electrons. The molecule has 39 heavy (non-hydrogen) atoms. The van der Waals surface area contributed by atoms with Gasteiger partial charge in [-0.2, -0.15) is 0 Å². The second-order valence-corrected chi connectivity index (χ2v) is 23.3. The number of benzene rings is 1. The first kappa shape index (κ1) is 33.9. The fraction of sp³-hybridized carbons (Fsp3) is 0.767. The van der Waals surface area contributed by atoms with Crippen molar-refractivity contribution in [3.63, 3.8) is 0 Å². The van der Waals surface area contributed by atoms with Crippen LogP contribution in [0.1, 0.15) is 116 Å². The number of sulfonamides is 1. The molecule has 0 saturated heterocycles. The Kier molecular flexibility index (Phi) is 14.7. The molecule has 0 atom stereocenters. The van der Waals surface area contributed by atoms with Crippen molar-refractivity contribution in [2.45, 2.75) is 138 Å². The van der Waals surface area contributed by atoms with Gasteiger partial charge in [-0.25, -0.2) is 0 Å². The van der Waals surface area contributed by atoms with E-state index < -0.39 is 23.5 Å². The van der Waals surface area contributed by atoms with Gasteiger partial charge in [0.15, 0.2) is 0 Å². The molecule has 1 aromatic carbocycles. The van der Waals surface area contributed by atoms with Crippen LogP contribution in [0, 0.1) is 0 Å². The van der Waals surface area contributed by atoms with E-state index in [1.165, 1.54) is 37.1 Å². The standard InChI is InChI=1S/C18H33P.C12H17NO3S.2ClH.Ru/c1-4-10-16(11-5-1)19(17-12-6-2-7-13-17)18-14-8-3-9-15-18;1-9(2)16-12-7-6-11(8-10(12)3)17(14,15)13(4)5;;;/h16-18H,1-15H2;3,6-9H,1-2,4-5H3;2*1H;/q;;;;+2/p-1. The molecule has 0 spiro atoms. The molecule has 9 heteroatoms. The average molecular weight is 709 g/mol. The maximum atomic E-state index is 12.1. The van der Waals surface area contributed by atoms with Crippen molar-refractivity contribution in [1.29, 1.82) is 0 Å². The van der Waals surface area contributed by atoms with E-state index in [-0.39, 0.29) is 18.9 Å². The summed E-state index contributed by atoms with van der Waals surface area (Å²) in [5, 5.41) is 0. The van der Waals surface area contributed by atoms with E-state index in [0.717, 1.165) is 4.31 Å². The van der Waals surface area contributed by atoms with Crippen molar-refractivity contribution in [1.82, 2.24) is 4.31 Å². The summed E-state index contributed by atoms with van der Waals surface area (Å²) in [5.41, 5.74) is 4.30. The molecule has 0 radical (unpaired) electrons. The third-order valence-electron chi connectivity index (χ3n) is 8.54. The van der Waals surface area contributed by atoms with Crippen LogP contribution in [0.15, 0.2) is 23.1 Å². The van der Waals surface area contributed by atoms with Crippen LogP contribution in [-0.4, -0.2) is 54.5 Å². The van der Waals surface area contributed by atoms with Crippen LogP contribution in [0.2, 0.25) is 0 Å². The van der Waals surface area contributed by atoms with Gasteiger partial charge in [-0.15, -0.1) is 0 Å². The van der Waals surface area contributed by atoms with Crippen LogP contribution in [0.5, 0.6) is 5.75 Å². The Bertz CT molecular complexity index is 972. The van der Waals surface area contributed by atoms with E-state index in [0.29, 0.717) is 11.3 Å². The molecular weight excluding hydrogens is 657 g/mol. The second-order valence-electron chi connectivity index (χ2n) is 12.0. The number of ether oxygens (including phenoxy) is 1. The van der Waals surface area contributed by atoms with Crippen molar-refractivity contribution in [2.24, 2.45) is 0 Å². The van der Waals surface area contributed by atoms with Crippen LogP contribution < -0.4 is 4.74 Å². The van der Waals surface area contributed by atoms with Crippen LogP contribution in [-0.2, 0) is 23.5 Å². The molecule has 3 aliphatic carbocycles. The first-order chi connectivity index (χ1) is 18.6. The Hall–Kier alpha value is 0.433. The topological polar surface area (TPSA) is 46.6 Å².